The van der Waals surface area contributed by atoms with Gasteiger partial charge in [-0.25, -0.2) is 0 Å². The fraction of sp³-hybridized carbons (Fsp3) is 0.0952. The second-order valence-corrected chi connectivity index (χ2v) is 7.54. The van der Waals surface area contributed by atoms with E-state index < -0.39 is 0 Å². The quantitative estimate of drug-likeness (QED) is 0.557. The zero-order valence-corrected chi connectivity index (χ0v) is 17.3. The largest absolute Gasteiger partial charge is 0.355 e. The molecule has 2 aromatic carbocycles. The van der Waals surface area contributed by atoms with Gasteiger partial charge in [0.25, 0.3) is 17.7 Å². The number of aryl methyl sites for hydroxylation is 1. The molecule has 3 aromatic rings. The first-order chi connectivity index (χ1) is 13.9. The van der Waals surface area contributed by atoms with Gasteiger partial charge in [0.1, 0.15) is 0 Å². The Labute approximate surface area is 176 Å². The van der Waals surface area contributed by atoms with E-state index in [9.17, 15) is 14.4 Å². The smallest absolute Gasteiger partial charge is 0.265 e. The first-order valence-electron chi connectivity index (χ1n) is 8.67. The average molecular weight is 428 g/mol. The van der Waals surface area contributed by atoms with E-state index in [1.54, 1.807) is 54.9 Å². The highest BCUT2D eigenvalue weighted by molar-refractivity contribution is 7.12. The van der Waals surface area contributed by atoms with Crippen molar-refractivity contribution in [3.8, 4) is 0 Å². The minimum atomic E-state index is -0.384. The third-order valence-electron chi connectivity index (χ3n) is 4.20. The van der Waals surface area contributed by atoms with Gasteiger partial charge in [-0.1, -0.05) is 23.7 Å². The van der Waals surface area contributed by atoms with Crippen molar-refractivity contribution in [1.82, 2.24) is 5.32 Å². The predicted molar refractivity (Wildman–Crippen MR) is 116 cm³/mol. The van der Waals surface area contributed by atoms with Gasteiger partial charge in [0.15, 0.2) is 0 Å². The van der Waals surface area contributed by atoms with Crippen LogP contribution in [0, 0.1) is 6.92 Å². The van der Waals surface area contributed by atoms with E-state index in [1.165, 1.54) is 17.4 Å². The van der Waals surface area contributed by atoms with E-state index in [2.05, 4.69) is 16.0 Å². The number of carbonyl (C=O) groups excluding carboxylic acids is 3. The van der Waals surface area contributed by atoms with Crippen LogP contribution in [0.3, 0.4) is 0 Å². The number of amides is 3. The third-order valence-corrected chi connectivity index (χ3v) is 5.39. The van der Waals surface area contributed by atoms with Gasteiger partial charge >= 0.3 is 0 Å². The van der Waals surface area contributed by atoms with Gasteiger partial charge in [0.2, 0.25) is 0 Å². The highest BCUT2D eigenvalue weighted by atomic mass is 35.5. The van der Waals surface area contributed by atoms with Gasteiger partial charge < -0.3 is 16.0 Å². The molecule has 3 N–H and O–H groups in total. The number of benzene rings is 2. The molecule has 0 aliphatic heterocycles. The normalized spacial score (nSPS) is 10.3. The zero-order chi connectivity index (χ0) is 21.0. The molecule has 0 saturated heterocycles. The zero-order valence-electron chi connectivity index (χ0n) is 15.7. The van der Waals surface area contributed by atoms with Gasteiger partial charge in [0, 0.05) is 23.9 Å². The predicted octanol–water partition coefficient (Wildman–Crippen LogP) is 4.57. The number of hydrogen-bond donors (Lipinski definition) is 3. The van der Waals surface area contributed by atoms with Crippen molar-refractivity contribution in [2.24, 2.45) is 0 Å². The Morgan fingerprint density at radius 1 is 0.862 bits per heavy atom. The number of rotatable bonds is 5. The number of halogens is 1. The Bertz CT molecular complexity index is 1080. The molecule has 1 aromatic heterocycles. The summed E-state index contributed by atoms with van der Waals surface area (Å²) in [5.74, 6) is -0.926. The van der Waals surface area contributed by atoms with Crippen LogP contribution < -0.4 is 16.0 Å². The molecule has 0 aliphatic rings. The van der Waals surface area contributed by atoms with Crippen LogP contribution in [0.5, 0.6) is 0 Å². The number of hydrogen-bond acceptors (Lipinski definition) is 4. The molecule has 1 heterocycles. The summed E-state index contributed by atoms with van der Waals surface area (Å²) in [4.78, 5) is 37.4. The van der Waals surface area contributed by atoms with Crippen LogP contribution in [0.2, 0.25) is 5.02 Å². The Hall–Kier alpha value is -3.16. The van der Waals surface area contributed by atoms with Crippen LogP contribution >= 0.6 is 22.9 Å². The van der Waals surface area contributed by atoms with Gasteiger partial charge in [-0.05, 0) is 54.3 Å². The van der Waals surface area contributed by atoms with E-state index >= 15 is 0 Å². The van der Waals surface area contributed by atoms with Crippen molar-refractivity contribution in [3.05, 3.63) is 80.5 Å². The number of anilines is 2. The molecule has 0 saturated carbocycles. The lowest BCUT2D eigenvalue weighted by Gasteiger charge is -2.12. The highest BCUT2D eigenvalue weighted by Crippen LogP contribution is 2.25. The summed E-state index contributed by atoms with van der Waals surface area (Å²) in [5, 5.41) is 10.2. The molecule has 29 heavy (non-hydrogen) atoms. The van der Waals surface area contributed by atoms with Gasteiger partial charge in [0.05, 0.1) is 15.6 Å². The van der Waals surface area contributed by atoms with Gasteiger partial charge in [-0.3, -0.25) is 14.4 Å². The van der Waals surface area contributed by atoms with Crippen LogP contribution in [0.25, 0.3) is 0 Å². The Morgan fingerprint density at radius 3 is 2.21 bits per heavy atom. The standard InChI is InChI=1S/C21H18ClN3O3S/c1-12-5-6-13(19(26)23-2)10-16(12)24-20(27)14-7-8-15(22)17(11-14)25-21(28)18-4-3-9-29-18/h3-11H,1-2H3,(H,23,26)(H,24,27)(H,25,28). The minimum absolute atomic E-state index is 0.245. The highest BCUT2D eigenvalue weighted by Gasteiger charge is 2.14. The van der Waals surface area contributed by atoms with Crippen LogP contribution in [0.15, 0.2) is 53.9 Å². The van der Waals surface area contributed by atoms with E-state index in [0.29, 0.717) is 32.4 Å². The molecule has 0 fully saturated rings. The summed E-state index contributed by atoms with van der Waals surface area (Å²) in [6, 6.07) is 13.2. The second-order valence-electron chi connectivity index (χ2n) is 6.19. The first-order valence-corrected chi connectivity index (χ1v) is 9.93. The minimum Gasteiger partial charge on any atom is -0.355 e. The van der Waals surface area contributed by atoms with Crippen LogP contribution in [-0.4, -0.2) is 24.8 Å². The third kappa shape index (κ3) is 4.82. The van der Waals surface area contributed by atoms with Crippen LogP contribution in [-0.2, 0) is 0 Å². The van der Waals surface area contributed by atoms with E-state index in [-0.39, 0.29) is 17.7 Å². The average Bonchev–Trinajstić information content (AvgIpc) is 3.25. The maximum atomic E-state index is 12.7. The van der Waals surface area contributed by atoms with Crippen molar-refractivity contribution < 1.29 is 14.4 Å². The number of carbonyl (C=O) groups is 3. The molecule has 0 spiro atoms. The molecule has 148 valence electrons. The maximum Gasteiger partial charge on any atom is 0.265 e. The van der Waals surface area contributed by atoms with Crippen molar-refractivity contribution >= 4 is 52.0 Å². The second kappa shape index (κ2) is 8.89. The molecule has 0 radical (unpaired) electrons. The maximum absolute atomic E-state index is 12.7. The molecule has 0 bridgehead atoms. The van der Waals surface area contributed by atoms with E-state index in [0.717, 1.165) is 5.56 Å². The van der Waals surface area contributed by atoms with Gasteiger partial charge in [-0.2, -0.15) is 0 Å². The molecular formula is C21H18ClN3O3S. The van der Waals surface area contributed by atoms with E-state index in [1.807, 2.05) is 6.92 Å². The SMILES string of the molecule is CNC(=O)c1ccc(C)c(NC(=O)c2ccc(Cl)c(NC(=O)c3cccs3)c2)c1. The lowest BCUT2D eigenvalue weighted by molar-refractivity contribution is 0.0961. The molecule has 3 amide bonds. The number of thiophene rings is 1. The summed E-state index contributed by atoms with van der Waals surface area (Å²) in [5.41, 5.74) is 2.43. The lowest BCUT2D eigenvalue weighted by atomic mass is 10.1. The fourth-order valence-corrected chi connectivity index (χ4v) is 3.37. The molecule has 0 unspecified atom stereocenters. The topological polar surface area (TPSA) is 87.3 Å². The summed E-state index contributed by atoms with van der Waals surface area (Å²) in [6.07, 6.45) is 0. The summed E-state index contributed by atoms with van der Waals surface area (Å²) in [7, 11) is 1.54. The van der Waals surface area contributed by atoms with E-state index in [4.69, 9.17) is 11.6 Å². The van der Waals surface area contributed by atoms with Crippen molar-refractivity contribution in [1.29, 1.82) is 0 Å². The first kappa shape index (κ1) is 20.6. The lowest BCUT2D eigenvalue weighted by Crippen LogP contribution is -2.19. The monoisotopic (exact) mass is 427 g/mol. The number of nitrogens with one attached hydrogen (secondary N) is 3. The summed E-state index contributed by atoms with van der Waals surface area (Å²) >= 11 is 7.48. The van der Waals surface area contributed by atoms with Crippen molar-refractivity contribution in [3.63, 3.8) is 0 Å². The molecule has 8 heteroatoms. The summed E-state index contributed by atoms with van der Waals surface area (Å²) < 4.78 is 0. The van der Waals surface area contributed by atoms with Crippen molar-refractivity contribution in [2.45, 2.75) is 6.92 Å². The molecular weight excluding hydrogens is 410 g/mol. The Balaban J connectivity index is 1.81. The molecule has 3 rings (SSSR count). The summed E-state index contributed by atoms with van der Waals surface area (Å²) in [6.45, 7) is 1.83. The Kier molecular flexibility index (Phi) is 6.31. The Morgan fingerprint density at radius 2 is 1.52 bits per heavy atom. The van der Waals surface area contributed by atoms with Crippen LogP contribution in [0.4, 0.5) is 11.4 Å². The molecule has 0 atom stereocenters. The van der Waals surface area contributed by atoms with Crippen molar-refractivity contribution in [2.75, 3.05) is 17.7 Å². The molecule has 6 nitrogen and oxygen atoms in total. The molecule has 0 aliphatic carbocycles. The van der Waals surface area contributed by atoms with Crippen LogP contribution in [0.1, 0.15) is 36.0 Å². The fourth-order valence-electron chi connectivity index (χ4n) is 2.59. The van der Waals surface area contributed by atoms with Gasteiger partial charge in [-0.15, -0.1) is 11.3 Å².